The van der Waals surface area contributed by atoms with Crippen LogP contribution in [-0.4, -0.2) is 58.6 Å². The number of aliphatic hydroxyl groups is 1. The van der Waals surface area contributed by atoms with Gasteiger partial charge in [0, 0.05) is 17.2 Å². The lowest BCUT2D eigenvalue weighted by Crippen LogP contribution is -2.46. The van der Waals surface area contributed by atoms with Gasteiger partial charge in [-0.25, -0.2) is 8.42 Å². The van der Waals surface area contributed by atoms with Crippen molar-refractivity contribution in [3.05, 3.63) is 48.0 Å². The Labute approximate surface area is 186 Å². The van der Waals surface area contributed by atoms with E-state index in [2.05, 4.69) is 4.72 Å². The molecule has 10 heteroatoms. The predicted octanol–water partition coefficient (Wildman–Crippen LogP) is 2.05. The van der Waals surface area contributed by atoms with Crippen LogP contribution >= 0.6 is 0 Å². The molecular weight excluding hydrogens is 438 g/mol. The number of hydrogen-bond donors (Lipinski definition) is 2. The fourth-order valence-electron chi connectivity index (χ4n) is 4.19. The van der Waals surface area contributed by atoms with Gasteiger partial charge in [-0.05, 0) is 48.9 Å². The number of carbonyl (C=O) groups excluding carboxylic acids is 1. The van der Waals surface area contributed by atoms with Crippen molar-refractivity contribution in [1.82, 2.24) is 0 Å². The number of benzene rings is 2. The summed E-state index contributed by atoms with van der Waals surface area (Å²) in [5.41, 5.74) is 1.20. The molecule has 0 unspecified atom stereocenters. The van der Waals surface area contributed by atoms with Crippen LogP contribution in [0.25, 0.3) is 0 Å². The summed E-state index contributed by atoms with van der Waals surface area (Å²) in [6.45, 7) is -0.260. The largest absolute Gasteiger partial charge is 0.497 e. The molecule has 0 saturated carbocycles. The van der Waals surface area contributed by atoms with Crippen molar-refractivity contribution in [3.63, 3.8) is 0 Å². The quantitative estimate of drug-likeness (QED) is 0.599. The average Bonchev–Trinajstić information content (AvgIpc) is 3.16. The van der Waals surface area contributed by atoms with Crippen molar-refractivity contribution in [2.24, 2.45) is 0 Å². The molecule has 0 amide bonds. The molecule has 1 saturated heterocycles. The van der Waals surface area contributed by atoms with Crippen molar-refractivity contribution >= 4 is 21.7 Å². The maximum atomic E-state index is 12.8. The van der Waals surface area contributed by atoms with Gasteiger partial charge in [0.1, 0.15) is 23.7 Å². The summed E-state index contributed by atoms with van der Waals surface area (Å²) >= 11 is 0. The van der Waals surface area contributed by atoms with Crippen LogP contribution in [-0.2, 0) is 24.3 Å². The van der Waals surface area contributed by atoms with E-state index in [4.69, 9.17) is 18.9 Å². The highest BCUT2D eigenvalue weighted by Gasteiger charge is 2.46. The molecule has 2 aromatic rings. The molecule has 0 spiro atoms. The second-order valence-electron chi connectivity index (χ2n) is 7.72. The Balaban J connectivity index is 1.57. The number of aliphatic hydroxyl groups excluding tert-OH is 1. The molecule has 0 bridgehead atoms. The number of nitrogens with one attached hydrogen (secondary N) is 1. The number of fused-ring (bicyclic) bond motifs is 3. The first kappa shape index (κ1) is 22.4. The summed E-state index contributed by atoms with van der Waals surface area (Å²) < 4.78 is 49.8. The van der Waals surface area contributed by atoms with Gasteiger partial charge in [0.15, 0.2) is 0 Å². The lowest BCUT2D eigenvalue weighted by Gasteiger charge is -2.36. The van der Waals surface area contributed by atoms with Gasteiger partial charge >= 0.3 is 5.97 Å². The molecule has 0 radical (unpaired) electrons. The van der Waals surface area contributed by atoms with Crippen LogP contribution in [0.3, 0.4) is 0 Å². The summed E-state index contributed by atoms with van der Waals surface area (Å²) in [5, 5.41) is 9.78. The maximum Gasteiger partial charge on any atom is 0.308 e. The maximum absolute atomic E-state index is 12.8. The first-order chi connectivity index (χ1) is 15.3. The fraction of sp³-hybridized carbons (Fsp3) is 0.409. The Morgan fingerprint density at radius 3 is 2.59 bits per heavy atom. The van der Waals surface area contributed by atoms with Gasteiger partial charge in [0.2, 0.25) is 0 Å². The molecule has 0 aromatic heterocycles. The summed E-state index contributed by atoms with van der Waals surface area (Å²) in [6.07, 6.45) is -0.907. The van der Waals surface area contributed by atoms with Crippen LogP contribution in [0, 0.1) is 0 Å². The molecule has 2 aliphatic heterocycles. The van der Waals surface area contributed by atoms with Crippen LogP contribution in [0.5, 0.6) is 11.5 Å². The number of anilines is 1. The number of methoxy groups -OCH3 is 2. The Morgan fingerprint density at radius 2 is 1.94 bits per heavy atom. The zero-order valence-electron chi connectivity index (χ0n) is 17.7. The van der Waals surface area contributed by atoms with Gasteiger partial charge in [-0.15, -0.1) is 0 Å². The average molecular weight is 464 g/mol. The number of carbonyl (C=O) groups is 1. The molecule has 0 aliphatic carbocycles. The van der Waals surface area contributed by atoms with Crippen LogP contribution in [0.15, 0.2) is 47.4 Å². The van der Waals surface area contributed by atoms with E-state index in [0.29, 0.717) is 23.6 Å². The van der Waals surface area contributed by atoms with Crippen LogP contribution in [0.1, 0.15) is 24.3 Å². The molecule has 2 aliphatic rings. The van der Waals surface area contributed by atoms with Gasteiger partial charge in [-0.3, -0.25) is 9.52 Å². The lowest BCUT2D eigenvalue weighted by atomic mass is 9.84. The van der Waals surface area contributed by atoms with Gasteiger partial charge < -0.3 is 24.1 Å². The second kappa shape index (κ2) is 8.97. The Bertz CT molecular complexity index is 1090. The van der Waals surface area contributed by atoms with Crippen LogP contribution in [0.4, 0.5) is 5.69 Å². The SMILES string of the molecule is COC(=O)C[C@@H]1C[C@H]2c3cc(NS(=O)(=O)c4ccc(OC)cc4)ccc3O[C@H]2[C@@H](CO)O1. The highest BCUT2D eigenvalue weighted by Crippen LogP contribution is 2.47. The molecule has 4 atom stereocenters. The molecule has 172 valence electrons. The minimum Gasteiger partial charge on any atom is -0.497 e. The Hall–Kier alpha value is -2.82. The van der Waals surface area contributed by atoms with E-state index in [0.717, 1.165) is 5.56 Å². The monoisotopic (exact) mass is 463 g/mol. The summed E-state index contributed by atoms with van der Waals surface area (Å²) in [7, 11) is -0.982. The normalized spacial score (nSPS) is 24.1. The number of ether oxygens (including phenoxy) is 4. The number of hydrogen-bond acceptors (Lipinski definition) is 8. The zero-order valence-corrected chi connectivity index (χ0v) is 18.5. The lowest BCUT2D eigenvalue weighted by molar-refractivity contribution is -0.156. The van der Waals surface area contributed by atoms with Gasteiger partial charge in [-0.1, -0.05) is 0 Å². The number of sulfonamides is 1. The highest BCUT2D eigenvalue weighted by molar-refractivity contribution is 7.92. The van der Waals surface area contributed by atoms with Gasteiger partial charge in [0.05, 0.1) is 38.2 Å². The van der Waals surface area contributed by atoms with E-state index in [1.807, 2.05) is 0 Å². The molecule has 4 rings (SSSR count). The van der Waals surface area contributed by atoms with E-state index in [1.165, 1.54) is 26.4 Å². The summed E-state index contributed by atoms with van der Waals surface area (Å²) in [6, 6.07) is 11.1. The minimum atomic E-state index is -3.80. The fourth-order valence-corrected chi connectivity index (χ4v) is 5.24. The molecule has 32 heavy (non-hydrogen) atoms. The van der Waals surface area contributed by atoms with Crippen LogP contribution < -0.4 is 14.2 Å². The van der Waals surface area contributed by atoms with E-state index in [-0.39, 0.29) is 23.8 Å². The van der Waals surface area contributed by atoms with Crippen LogP contribution in [0.2, 0.25) is 0 Å². The van der Waals surface area contributed by atoms with Gasteiger partial charge in [0.25, 0.3) is 10.0 Å². The van der Waals surface area contributed by atoms with Crippen molar-refractivity contribution in [1.29, 1.82) is 0 Å². The third-order valence-corrected chi connectivity index (χ3v) is 7.14. The molecule has 9 nitrogen and oxygen atoms in total. The van der Waals surface area contributed by atoms with E-state index in [9.17, 15) is 18.3 Å². The van der Waals surface area contributed by atoms with E-state index < -0.39 is 34.3 Å². The van der Waals surface area contributed by atoms with Crippen molar-refractivity contribution in [2.45, 2.75) is 42.0 Å². The third-order valence-electron chi connectivity index (χ3n) is 5.74. The molecule has 2 heterocycles. The molecular formula is C22H25NO8S. The molecule has 2 N–H and O–H groups in total. The standard InChI is InChI=1S/C22H25NO8S/c1-28-14-4-6-16(7-5-14)32(26,27)23-13-3-8-19-17(9-13)18-10-15(11-21(25)29-2)30-20(12-24)22(18)31-19/h3-9,15,18,20,22-24H,10-12H2,1-2H3/t15-,18-,20+,22+/m0/s1. The van der Waals surface area contributed by atoms with E-state index in [1.54, 1.807) is 30.3 Å². The smallest absolute Gasteiger partial charge is 0.308 e. The predicted molar refractivity (Wildman–Crippen MR) is 114 cm³/mol. The van der Waals surface area contributed by atoms with Crippen molar-refractivity contribution < 1.29 is 37.3 Å². The van der Waals surface area contributed by atoms with Crippen molar-refractivity contribution in [2.75, 3.05) is 25.5 Å². The van der Waals surface area contributed by atoms with Crippen molar-refractivity contribution in [3.8, 4) is 11.5 Å². The first-order valence-electron chi connectivity index (χ1n) is 10.1. The Morgan fingerprint density at radius 1 is 1.19 bits per heavy atom. The second-order valence-corrected chi connectivity index (χ2v) is 9.40. The minimum absolute atomic E-state index is 0.0648. The Kier molecular flexibility index (Phi) is 6.27. The molecule has 1 fully saturated rings. The molecule has 2 aromatic carbocycles. The third kappa shape index (κ3) is 4.38. The number of esters is 1. The summed E-state index contributed by atoms with van der Waals surface area (Å²) in [5.74, 6) is 0.610. The topological polar surface area (TPSA) is 120 Å². The highest BCUT2D eigenvalue weighted by atomic mass is 32.2. The first-order valence-corrected chi connectivity index (χ1v) is 11.6. The van der Waals surface area contributed by atoms with E-state index >= 15 is 0 Å². The zero-order chi connectivity index (χ0) is 22.9. The summed E-state index contributed by atoms with van der Waals surface area (Å²) in [4.78, 5) is 11.8. The van der Waals surface area contributed by atoms with Gasteiger partial charge in [-0.2, -0.15) is 0 Å². The number of rotatable bonds is 7.